The van der Waals surface area contributed by atoms with Crippen molar-refractivity contribution in [1.29, 1.82) is 0 Å². The molecular weight excluding hydrogens is 258 g/mol. The number of nitrogens with zero attached hydrogens (tertiary/aromatic N) is 3. The van der Waals surface area contributed by atoms with Crippen LogP contribution in [-0.4, -0.2) is 32.7 Å². The third kappa shape index (κ3) is 3.59. The summed E-state index contributed by atoms with van der Waals surface area (Å²) in [7, 11) is 0. The normalized spacial score (nSPS) is 12.3. The van der Waals surface area contributed by atoms with E-state index in [0.29, 0.717) is 0 Å². The average molecular weight is 281 g/mol. The van der Waals surface area contributed by atoms with E-state index in [1.54, 1.807) is 10.8 Å². The molecule has 0 aliphatic heterocycles. The monoisotopic (exact) mass is 281 g/mol. The molecule has 6 heteroatoms. The van der Waals surface area contributed by atoms with Crippen LogP contribution in [0, 0.1) is 0 Å². The Bertz CT molecular complexity index is 550. The maximum Gasteiger partial charge on any atom is 0.323 e. The second-order valence-corrected chi connectivity index (χ2v) is 6.75. The molecule has 20 heavy (non-hydrogen) atoms. The maximum atomic E-state index is 12.6. The van der Waals surface area contributed by atoms with Gasteiger partial charge in [-0.1, -0.05) is 0 Å². The van der Waals surface area contributed by atoms with Gasteiger partial charge in [0.2, 0.25) is 0 Å². The van der Waals surface area contributed by atoms with Gasteiger partial charge < -0.3 is 14.6 Å². The van der Waals surface area contributed by atoms with Crippen LogP contribution in [0.3, 0.4) is 0 Å². The SMILES string of the molecule is CC(C)(C)N(CC(=O)O)c1nccn(C(C)(C)C)c1=O. The van der Waals surface area contributed by atoms with Gasteiger partial charge in [0.15, 0.2) is 5.82 Å². The minimum absolute atomic E-state index is 0.164. The summed E-state index contributed by atoms with van der Waals surface area (Å²) in [6, 6.07) is 0. The number of carboxylic acid groups (broad SMARTS) is 1. The summed E-state index contributed by atoms with van der Waals surface area (Å²) in [5.41, 5.74) is -1.18. The summed E-state index contributed by atoms with van der Waals surface area (Å²) in [6.45, 7) is 11.0. The summed E-state index contributed by atoms with van der Waals surface area (Å²) in [4.78, 5) is 29.2. The van der Waals surface area contributed by atoms with Crippen molar-refractivity contribution in [3.05, 3.63) is 22.7 Å². The third-order valence-corrected chi connectivity index (χ3v) is 2.90. The van der Waals surface area contributed by atoms with Gasteiger partial charge >= 0.3 is 5.97 Å². The van der Waals surface area contributed by atoms with Crippen LogP contribution in [0.4, 0.5) is 5.82 Å². The molecule has 1 heterocycles. The number of carbonyl (C=O) groups is 1. The number of aliphatic carboxylic acids is 1. The fraction of sp³-hybridized carbons (Fsp3) is 0.643. The van der Waals surface area contributed by atoms with Crippen molar-refractivity contribution in [1.82, 2.24) is 9.55 Å². The van der Waals surface area contributed by atoms with Crippen molar-refractivity contribution in [2.45, 2.75) is 52.6 Å². The van der Waals surface area contributed by atoms with E-state index in [4.69, 9.17) is 5.11 Å². The Morgan fingerprint density at radius 3 is 2.25 bits per heavy atom. The highest BCUT2D eigenvalue weighted by Crippen LogP contribution is 2.19. The molecule has 0 aliphatic rings. The predicted molar refractivity (Wildman–Crippen MR) is 78.2 cm³/mol. The van der Waals surface area contributed by atoms with Crippen molar-refractivity contribution in [2.75, 3.05) is 11.4 Å². The van der Waals surface area contributed by atoms with Crippen molar-refractivity contribution in [2.24, 2.45) is 0 Å². The molecule has 0 aromatic carbocycles. The molecule has 1 aromatic rings. The minimum Gasteiger partial charge on any atom is -0.480 e. The minimum atomic E-state index is -0.993. The van der Waals surface area contributed by atoms with Crippen LogP contribution in [0.25, 0.3) is 0 Å². The molecule has 0 amide bonds. The van der Waals surface area contributed by atoms with Gasteiger partial charge in [-0.2, -0.15) is 0 Å². The Balaban J connectivity index is 3.43. The van der Waals surface area contributed by atoms with E-state index >= 15 is 0 Å². The fourth-order valence-electron chi connectivity index (χ4n) is 1.88. The Morgan fingerprint density at radius 1 is 1.30 bits per heavy atom. The third-order valence-electron chi connectivity index (χ3n) is 2.90. The molecule has 0 radical (unpaired) electrons. The first-order valence-electron chi connectivity index (χ1n) is 6.52. The van der Waals surface area contributed by atoms with Crippen molar-refractivity contribution in [3.8, 4) is 0 Å². The highest BCUT2D eigenvalue weighted by molar-refractivity contribution is 5.73. The van der Waals surface area contributed by atoms with Gasteiger partial charge in [0.1, 0.15) is 6.54 Å². The topological polar surface area (TPSA) is 75.4 Å². The van der Waals surface area contributed by atoms with Crippen LogP contribution >= 0.6 is 0 Å². The molecule has 0 saturated heterocycles. The molecule has 1 N–H and O–H groups in total. The summed E-state index contributed by atoms with van der Waals surface area (Å²) in [5.74, 6) is -0.829. The highest BCUT2D eigenvalue weighted by Gasteiger charge is 2.28. The van der Waals surface area contributed by atoms with Crippen LogP contribution < -0.4 is 10.5 Å². The van der Waals surface area contributed by atoms with Crippen LogP contribution in [0.15, 0.2) is 17.2 Å². The molecule has 6 nitrogen and oxygen atoms in total. The Hall–Kier alpha value is -1.85. The van der Waals surface area contributed by atoms with Gasteiger partial charge in [-0.05, 0) is 41.5 Å². The summed E-state index contributed by atoms with van der Waals surface area (Å²) in [5, 5.41) is 9.05. The lowest BCUT2D eigenvalue weighted by atomic mass is 10.1. The van der Waals surface area contributed by atoms with E-state index in [9.17, 15) is 9.59 Å². The summed E-state index contributed by atoms with van der Waals surface area (Å²) >= 11 is 0. The van der Waals surface area contributed by atoms with E-state index in [0.717, 1.165) is 0 Å². The zero-order chi connectivity index (χ0) is 15.7. The molecule has 0 saturated carbocycles. The lowest BCUT2D eigenvalue weighted by Gasteiger charge is -2.35. The van der Waals surface area contributed by atoms with Gasteiger partial charge in [-0.15, -0.1) is 0 Å². The van der Waals surface area contributed by atoms with Crippen LogP contribution in [0.5, 0.6) is 0 Å². The summed E-state index contributed by atoms with van der Waals surface area (Å²) < 4.78 is 1.57. The number of carboxylic acids is 1. The Morgan fingerprint density at radius 2 is 1.85 bits per heavy atom. The molecule has 0 unspecified atom stereocenters. The number of aromatic nitrogens is 2. The van der Waals surface area contributed by atoms with Gasteiger partial charge in [-0.25, -0.2) is 4.98 Å². The molecule has 0 bridgehead atoms. The molecular formula is C14H23N3O3. The van der Waals surface area contributed by atoms with Gasteiger partial charge in [-0.3, -0.25) is 9.59 Å². The van der Waals surface area contributed by atoms with E-state index in [-0.39, 0.29) is 23.5 Å². The molecule has 0 aliphatic carbocycles. The second-order valence-electron chi connectivity index (χ2n) is 6.75. The summed E-state index contributed by atoms with van der Waals surface area (Å²) in [6.07, 6.45) is 3.15. The van der Waals surface area contributed by atoms with E-state index in [2.05, 4.69) is 4.98 Å². The number of hydrogen-bond acceptors (Lipinski definition) is 4. The fourth-order valence-corrected chi connectivity index (χ4v) is 1.88. The lowest BCUT2D eigenvalue weighted by Crippen LogP contribution is -2.49. The first kappa shape index (κ1) is 16.2. The van der Waals surface area contributed by atoms with Gasteiger partial charge in [0, 0.05) is 23.5 Å². The second kappa shape index (κ2) is 5.26. The van der Waals surface area contributed by atoms with E-state index < -0.39 is 11.5 Å². The van der Waals surface area contributed by atoms with Crippen molar-refractivity contribution in [3.63, 3.8) is 0 Å². The molecule has 1 rings (SSSR count). The van der Waals surface area contributed by atoms with Gasteiger partial charge in [0.25, 0.3) is 5.56 Å². The van der Waals surface area contributed by atoms with Crippen molar-refractivity contribution >= 4 is 11.8 Å². The molecule has 0 spiro atoms. The molecule has 0 atom stereocenters. The zero-order valence-corrected chi connectivity index (χ0v) is 13.0. The number of rotatable bonds is 3. The van der Waals surface area contributed by atoms with E-state index in [1.165, 1.54) is 11.1 Å². The van der Waals surface area contributed by atoms with Gasteiger partial charge in [0.05, 0.1) is 0 Å². The molecule has 112 valence electrons. The standard InChI is InChI=1S/C14H23N3O3/c1-13(2,3)16-8-7-15-11(12(16)20)17(9-10(18)19)14(4,5)6/h7-8H,9H2,1-6H3,(H,18,19). The quantitative estimate of drug-likeness (QED) is 0.912. The first-order chi connectivity index (χ1) is 8.94. The Labute approximate surface area is 119 Å². The zero-order valence-electron chi connectivity index (χ0n) is 13.0. The highest BCUT2D eigenvalue weighted by atomic mass is 16.4. The van der Waals surface area contributed by atoms with Crippen LogP contribution in [0.2, 0.25) is 0 Å². The number of hydrogen-bond donors (Lipinski definition) is 1. The van der Waals surface area contributed by atoms with Crippen molar-refractivity contribution < 1.29 is 9.90 Å². The number of anilines is 1. The maximum absolute atomic E-state index is 12.6. The molecule has 0 fully saturated rings. The van der Waals surface area contributed by atoms with E-state index in [1.807, 2.05) is 41.5 Å². The van der Waals surface area contributed by atoms with Crippen LogP contribution in [-0.2, 0) is 10.3 Å². The molecule has 1 aromatic heterocycles. The average Bonchev–Trinajstić information content (AvgIpc) is 2.23. The first-order valence-corrected chi connectivity index (χ1v) is 6.52. The Kier molecular flexibility index (Phi) is 4.27. The largest absolute Gasteiger partial charge is 0.480 e. The van der Waals surface area contributed by atoms with Crippen LogP contribution in [0.1, 0.15) is 41.5 Å². The smallest absolute Gasteiger partial charge is 0.323 e. The lowest BCUT2D eigenvalue weighted by molar-refractivity contribution is -0.135. The predicted octanol–water partition coefficient (Wildman–Crippen LogP) is 1.69.